The number of benzene rings is 1. The summed E-state index contributed by atoms with van der Waals surface area (Å²) in [6.45, 7) is 10.1. The fraction of sp³-hybridized carbons (Fsp3) is 0.400. The third-order valence-electron chi connectivity index (χ3n) is 2.66. The Morgan fingerprint density at radius 3 is 2.42 bits per heavy atom. The Morgan fingerprint density at radius 2 is 1.95 bits per heavy atom. The van der Waals surface area contributed by atoms with Gasteiger partial charge in [0.2, 0.25) is 0 Å². The molecule has 0 aliphatic carbocycles. The van der Waals surface area contributed by atoms with Gasteiger partial charge >= 0.3 is 0 Å². The zero-order valence-corrected chi connectivity index (χ0v) is 11.8. The molecule has 4 heteroatoms. The highest BCUT2D eigenvalue weighted by Gasteiger charge is 2.25. The summed E-state index contributed by atoms with van der Waals surface area (Å²) in [5, 5.41) is 0. The summed E-state index contributed by atoms with van der Waals surface area (Å²) < 4.78 is 5.46. The van der Waals surface area contributed by atoms with Gasteiger partial charge in [0.25, 0.3) is 5.91 Å². The number of amides is 1. The van der Waals surface area contributed by atoms with E-state index in [-0.39, 0.29) is 18.1 Å². The lowest BCUT2D eigenvalue weighted by Gasteiger charge is -2.34. The smallest absolute Gasteiger partial charge is 0.261 e. The van der Waals surface area contributed by atoms with Crippen LogP contribution < -0.4 is 10.5 Å². The first-order chi connectivity index (χ1) is 8.84. The van der Waals surface area contributed by atoms with E-state index < -0.39 is 0 Å². The number of nitrogen functional groups attached to an aromatic ring is 1. The third kappa shape index (κ3) is 4.66. The second-order valence-electron chi connectivity index (χ2n) is 5.32. The highest BCUT2D eigenvalue weighted by atomic mass is 16.5. The molecule has 4 nitrogen and oxygen atoms in total. The van der Waals surface area contributed by atoms with Crippen LogP contribution in [0.5, 0.6) is 5.75 Å². The molecule has 0 atom stereocenters. The van der Waals surface area contributed by atoms with Gasteiger partial charge in [-0.1, -0.05) is 6.08 Å². The number of hydrogen-bond acceptors (Lipinski definition) is 3. The van der Waals surface area contributed by atoms with Gasteiger partial charge in [0, 0.05) is 17.8 Å². The SMILES string of the molecule is C=CCN(C(=O)COc1ccc(N)cc1)C(C)(C)C. The van der Waals surface area contributed by atoms with Crippen molar-refractivity contribution in [3.63, 3.8) is 0 Å². The van der Waals surface area contributed by atoms with E-state index in [1.54, 1.807) is 35.2 Å². The maximum Gasteiger partial charge on any atom is 0.261 e. The van der Waals surface area contributed by atoms with E-state index in [1.807, 2.05) is 20.8 Å². The summed E-state index contributed by atoms with van der Waals surface area (Å²) in [4.78, 5) is 13.9. The van der Waals surface area contributed by atoms with Crippen LogP contribution in [0.25, 0.3) is 0 Å². The first kappa shape index (κ1) is 15.1. The molecular weight excluding hydrogens is 240 g/mol. The predicted octanol–water partition coefficient (Wildman–Crippen LogP) is 2.46. The van der Waals surface area contributed by atoms with Crippen molar-refractivity contribution in [3.05, 3.63) is 36.9 Å². The summed E-state index contributed by atoms with van der Waals surface area (Å²) >= 11 is 0. The molecule has 1 aromatic carbocycles. The number of rotatable bonds is 5. The molecule has 104 valence electrons. The number of ether oxygens (including phenoxy) is 1. The lowest BCUT2D eigenvalue weighted by molar-refractivity contribution is -0.137. The van der Waals surface area contributed by atoms with Crippen LogP contribution in [0.1, 0.15) is 20.8 Å². The Hall–Kier alpha value is -1.97. The highest BCUT2D eigenvalue weighted by Crippen LogP contribution is 2.16. The minimum Gasteiger partial charge on any atom is -0.484 e. The molecular formula is C15H22N2O2. The minimum atomic E-state index is -0.254. The van der Waals surface area contributed by atoms with Gasteiger partial charge < -0.3 is 15.4 Å². The molecule has 0 aromatic heterocycles. The quantitative estimate of drug-likeness (QED) is 0.655. The molecule has 0 saturated carbocycles. The fourth-order valence-electron chi connectivity index (χ4n) is 1.67. The van der Waals surface area contributed by atoms with E-state index in [2.05, 4.69) is 6.58 Å². The van der Waals surface area contributed by atoms with Crippen LogP contribution in [-0.4, -0.2) is 29.5 Å². The van der Waals surface area contributed by atoms with Crippen LogP contribution in [0, 0.1) is 0 Å². The number of carbonyl (C=O) groups excluding carboxylic acids is 1. The van der Waals surface area contributed by atoms with E-state index in [9.17, 15) is 4.79 Å². The Balaban J connectivity index is 2.62. The minimum absolute atomic E-state index is 0.00896. The highest BCUT2D eigenvalue weighted by molar-refractivity contribution is 5.78. The Bertz CT molecular complexity index is 432. The summed E-state index contributed by atoms with van der Waals surface area (Å²) in [5.74, 6) is 0.569. The summed E-state index contributed by atoms with van der Waals surface area (Å²) in [6, 6.07) is 6.98. The Kier molecular flexibility index (Phi) is 4.98. The van der Waals surface area contributed by atoms with Gasteiger partial charge in [-0.25, -0.2) is 0 Å². The van der Waals surface area contributed by atoms with Gasteiger partial charge in [0.05, 0.1) is 0 Å². The molecule has 0 fully saturated rings. The number of carbonyl (C=O) groups is 1. The molecule has 0 heterocycles. The molecule has 0 unspecified atom stereocenters. The zero-order chi connectivity index (χ0) is 14.5. The maximum atomic E-state index is 12.1. The first-order valence-electron chi connectivity index (χ1n) is 6.24. The molecule has 1 aromatic rings. The van der Waals surface area contributed by atoms with E-state index in [0.29, 0.717) is 18.0 Å². The molecule has 0 spiro atoms. The van der Waals surface area contributed by atoms with E-state index in [4.69, 9.17) is 10.5 Å². The topological polar surface area (TPSA) is 55.6 Å². The third-order valence-corrected chi connectivity index (χ3v) is 2.66. The monoisotopic (exact) mass is 262 g/mol. The second kappa shape index (κ2) is 6.27. The van der Waals surface area contributed by atoms with Crippen LogP contribution in [-0.2, 0) is 4.79 Å². The summed E-state index contributed by atoms with van der Waals surface area (Å²) in [5.41, 5.74) is 6.00. The molecule has 2 N–H and O–H groups in total. The van der Waals surface area contributed by atoms with Gasteiger partial charge in [-0.15, -0.1) is 6.58 Å². The van der Waals surface area contributed by atoms with Crippen molar-refractivity contribution in [1.29, 1.82) is 0 Å². The van der Waals surface area contributed by atoms with Crippen molar-refractivity contribution in [1.82, 2.24) is 4.90 Å². The van der Waals surface area contributed by atoms with Crippen molar-refractivity contribution >= 4 is 11.6 Å². The maximum absolute atomic E-state index is 12.1. The molecule has 0 bridgehead atoms. The van der Waals surface area contributed by atoms with Gasteiger partial charge in [-0.2, -0.15) is 0 Å². The molecule has 1 rings (SSSR count). The van der Waals surface area contributed by atoms with Crippen LogP contribution in [0.3, 0.4) is 0 Å². The number of nitrogens with zero attached hydrogens (tertiary/aromatic N) is 1. The van der Waals surface area contributed by atoms with Gasteiger partial charge in [-0.3, -0.25) is 4.79 Å². The normalized spacial score (nSPS) is 10.9. The van der Waals surface area contributed by atoms with Crippen molar-refractivity contribution in [2.24, 2.45) is 0 Å². The predicted molar refractivity (Wildman–Crippen MR) is 78.0 cm³/mol. The largest absolute Gasteiger partial charge is 0.484 e. The van der Waals surface area contributed by atoms with Gasteiger partial charge in [-0.05, 0) is 45.0 Å². The van der Waals surface area contributed by atoms with Crippen molar-refractivity contribution in [2.45, 2.75) is 26.3 Å². The van der Waals surface area contributed by atoms with E-state index >= 15 is 0 Å². The molecule has 0 saturated heterocycles. The van der Waals surface area contributed by atoms with Crippen LogP contribution in [0.4, 0.5) is 5.69 Å². The lowest BCUT2D eigenvalue weighted by Crippen LogP contribution is -2.47. The Labute approximate surface area is 114 Å². The average molecular weight is 262 g/mol. The van der Waals surface area contributed by atoms with E-state index in [0.717, 1.165) is 0 Å². The van der Waals surface area contributed by atoms with Gasteiger partial charge in [0.15, 0.2) is 6.61 Å². The molecule has 0 radical (unpaired) electrons. The van der Waals surface area contributed by atoms with Crippen LogP contribution >= 0.6 is 0 Å². The summed E-state index contributed by atoms with van der Waals surface area (Å²) in [7, 11) is 0. The zero-order valence-electron chi connectivity index (χ0n) is 11.8. The number of hydrogen-bond donors (Lipinski definition) is 1. The van der Waals surface area contributed by atoms with Crippen LogP contribution in [0.2, 0.25) is 0 Å². The number of anilines is 1. The molecule has 0 aliphatic heterocycles. The molecule has 1 amide bonds. The standard InChI is InChI=1S/C15H22N2O2/c1-5-10-17(15(2,3)4)14(18)11-19-13-8-6-12(16)7-9-13/h5-9H,1,10-11,16H2,2-4H3. The van der Waals surface area contributed by atoms with Crippen molar-refractivity contribution in [2.75, 3.05) is 18.9 Å². The average Bonchev–Trinajstić information content (AvgIpc) is 2.33. The molecule has 0 aliphatic rings. The first-order valence-corrected chi connectivity index (χ1v) is 6.24. The second-order valence-corrected chi connectivity index (χ2v) is 5.32. The Morgan fingerprint density at radius 1 is 1.37 bits per heavy atom. The van der Waals surface area contributed by atoms with Crippen molar-refractivity contribution < 1.29 is 9.53 Å². The van der Waals surface area contributed by atoms with Crippen molar-refractivity contribution in [3.8, 4) is 5.75 Å². The van der Waals surface area contributed by atoms with Gasteiger partial charge in [0.1, 0.15) is 5.75 Å². The fourth-order valence-corrected chi connectivity index (χ4v) is 1.67. The van der Waals surface area contributed by atoms with Crippen LogP contribution in [0.15, 0.2) is 36.9 Å². The number of nitrogens with two attached hydrogens (primary N) is 1. The van der Waals surface area contributed by atoms with E-state index in [1.165, 1.54) is 0 Å². The molecule has 19 heavy (non-hydrogen) atoms. The summed E-state index contributed by atoms with van der Waals surface area (Å²) in [6.07, 6.45) is 1.71. The lowest BCUT2D eigenvalue weighted by atomic mass is 10.1.